The van der Waals surface area contributed by atoms with Crippen LogP contribution in [0.2, 0.25) is 0 Å². The Morgan fingerprint density at radius 3 is 2.50 bits per heavy atom. The van der Waals surface area contributed by atoms with Crippen LogP contribution in [0.3, 0.4) is 0 Å². The minimum Gasteiger partial charge on any atom is -0.497 e. The zero-order valence-corrected chi connectivity index (χ0v) is 11.5. The highest BCUT2D eigenvalue weighted by Gasteiger charge is 2.37. The highest BCUT2D eigenvalue weighted by atomic mass is 35.5. The number of alkyl carbamates (subject to hydrolysis) is 1. The lowest BCUT2D eigenvalue weighted by Crippen LogP contribution is -2.46. The Bertz CT molecular complexity index is 417. The Morgan fingerprint density at radius 2 is 1.94 bits per heavy atom. The van der Waals surface area contributed by atoms with E-state index in [0.717, 1.165) is 11.3 Å². The summed E-state index contributed by atoms with van der Waals surface area (Å²) < 4.78 is 10.1. The van der Waals surface area contributed by atoms with Gasteiger partial charge in [0.2, 0.25) is 0 Å². The SMILES string of the molecule is COc1ccc([C@@H]2NC(=O)OCC2(C)C)cc1.Cl. The predicted octanol–water partition coefficient (Wildman–Crippen LogP) is 2.92. The van der Waals surface area contributed by atoms with E-state index in [-0.39, 0.29) is 30.0 Å². The molecule has 0 unspecified atom stereocenters. The van der Waals surface area contributed by atoms with E-state index in [1.807, 2.05) is 24.3 Å². The van der Waals surface area contributed by atoms with Crippen molar-refractivity contribution in [1.29, 1.82) is 0 Å². The first-order valence-corrected chi connectivity index (χ1v) is 5.60. The van der Waals surface area contributed by atoms with Crippen LogP contribution in [0.15, 0.2) is 24.3 Å². The molecular weight excluding hydrogens is 254 g/mol. The molecule has 1 aromatic rings. The van der Waals surface area contributed by atoms with Gasteiger partial charge in [0, 0.05) is 5.41 Å². The summed E-state index contributed by atoms with van der Waals surface area (Å²) in [5, 5.41) is 2.86. The second-order valence-electron chi connectivity index (χ2n) is 4.92. The summed E-state index contributed by atoms with van der Waals surface area (Å²) in [6, 6.07) is 7.70. The molecule has 0 spiro atoms. The van der Waals surface area contributed by atoms with E-state index >= 15 is 0 Å². The average Bonchev–Trinajstić information content (AvgIpc) is 2.33. The zero-order chi connectivity index (χ0) is 12.5. The fourth-order valence-corrected chi connectivity index (χ4v) is 2.02. The Labute approximate surface area is 113 Å². The second kappa shape index (κ2) is 5.48. The van der Waals surface area contributed by atoms with E-state index in [9.17, 15) is 4.79 Å². The number of cyclic esters (lactones) is 1. The summed E-state index contributed by atoms with van der Waals surface area (Å²) in [4.78, 5) is 11.3. The third-order valence-electron chi connectivity index (χ3n) is 3.07. The van der Waals surface area contributed by atoms with Crippen LogP contribution in [0.4, 0.5) is 4.79 Å². The number of carbonyl (C=O) groups excluding carboxylic acids is 1. The van der Waals surface area contributed by atoms with Crippen molar-refractivity contribution in [2.45, 2.75) is 19.9 Å². The molecule has 1 atom stereocenters. The molecule has 1 saturated heterocycles. The first kappa shape index (κ1) is 14.6. The van der Waals surface area contributed by atoms with Gasteiger partial charge in [-0.25, -0.2) is 4.79 Å². The topological polar surface area (TPSA) is 47.6 Å². The van der Waals surface area contributed by atoms with Crippen LogP contribution < -0.4 is 10.1 Å². The standard InChI is InChI=1S/C13H17NO3.ClH/c1-13(2)8-17-12(15)14-11(13)9-4-6-10(16-3)7-5-9;/h4-7,11H,8H2,1-3H3,(H,14,15);1H/t11-;/m0./s1. The molecule has 4 nitrogen and oxygen atoms in total. The van der Waals surface area contributed by atoms with Crippen LogP contribution in [0.25, 0.3) is 0 Å². The van der Waals surface area contributed by atoms with Crippen LogP contribution >= 0.6 is 12.4 Å². The first-order valence-electron chi connectivity index (χ1n) is 5.60. The number of hydrogen-bond acceptors (Lipinski definition) is 3. The van der Waals surface area contributed by atoms with Gasteiger partial charge in [-0.2, -0.15) is 0 Å². The smallest absolute Gasteiger partial charge is 0.407 e. The van der Waals surface area contributed by atoms with Gasteiger partial charge in [0.15, 0.2) is 0 Å². The number of amides is 1. The van der Waals surface area contributed by atoms with Crippen molar-refractivity contribution in [3.8, 4) is 5.75 Å². The molecule has 18 heavy (non-hydrogen) atoms. The van der Waals surface area contributed by atoms with Crippen molar-refractivity contribution >= 4 is 18.5 Å². The predicted molar refractivity (Wildman–Crippen MR) is 71.2 cm³/mol. The lowest BCUT2D eigenvalue weighted by molar-refractivity contribution is 0.0387. The van der Waals surface area contributed by atoms with Crippen LogP contribution in [-0.4, -0.2) is 19.8 Å². The summed E-state index contributed by atoms with van der Waals surface area (Å²) in [7, 11) is 1.63. The van der Waals surface area contributed by atoms with Crippen LogP contribution in [0.1, 0.15) is 25.5 Å². The zero-order valence-electron chi connectivity index (χ0n) is 10.7. The fraction of sp³-hybridized carbons (Fsp3) is 0.462. The van der Waals surface area contributed by atoms with E-state index in [1.54, 1.807) is 7.11 Å². The van der Waals surface area contributed by atoms with Crippen molar-refractivity contribution in [3.05, 3.63) is 29.8 Å². The number of rotatable bonds is 2. The number of nitrogens with one attached hydrogen (secondary N) is 1. The lowest BCUT2D eigenvalue weighted by Gasteiger charge is -2.38. The molecule has 100 valence electrons. The number of methoxy groups -OCH3 is 1. The molecule has 1 N–H and O–H groups in total. The molecule has 0 saturated carbocycles. The molecule has 1 heterocycles. The van der Waals surface area contributed by atoms with Crippen LogP contribution in [-0.2, 0) is 4.74 Å². The molecule has 1 aromatic carbocycles. The maximum Gasteiger partial charge on any atom is 0.407 e. The van der Waals surface area contributed by atoms with Gasteiger partial charge in [-0.15, -0.1) is 12.4 Å². The Morgan fingerprint density at radius 1 is 1.33 bits per heavy atom. The summed E-state index contributed by atoms with van der Waals surface area (Å²) >= 11 is 0. The summed E-state index contributed by atoms with van der Waals surface area (Å²) in [5.41, 5.74) is 0.940. The molecule has 0 bridgehead atoms. The second-order valence-corrected chi connectivity index (χ2v) is 4.92. The van der Waals surface area contributed by atoms with Crippen molar-refractivity contribution in [2.75, 3.05) is 13.7 Å². The third-order valence-corrected chi connectivity index (χ3v) is 3.07. The van der Waals surface area contributed by atoms with Gasteiger partial charge < -0.3 is 14.8 Å². The maximum absolute atomic E-state index is 11.3. The monoisotopic (exact) mass is 271 g/mol. The molecule has 1 fully saturated rings. The fourth-order valence-electron chi connectivity index (χ4n) is 2.02. The lowest BCUT2D eigenvalue weighted by atomic mass is 9.80. The number of benzene rings is 1. The van der Waals surface area contributed by atoms with Crippen LogP contribution in [0.5, 0.6) is 5.75 Å². The quantitative estimate of drug-likeness (QED) is 0.900. The maximum atomic E-state index is 11.3. The van der Waals surface area contributed by atoms with E-state index < -0.39 is 0 Å². The molecular formula is C13H18ClNO3. The normalized spacial score (nSPS) is 21.3. The molecule has 1 amide bonds. The minimum absolute atomic E-state index is 0. The summed E-state index contributed by atoms with van der Waals surface area (Å²) in [5.74, 6) is 0.810. The van der Waals surface area contributed by atoms with Crippen LogP contribution in [0, 0.1) is 5.41 Å². The van der Waals surface area contributed by atoms with Gasteiger partial charge in [-0.05, 0) is 17.7 Å². The Hall–Kier alpha value is -1.42. The largest absolute Gasteiger partial charge is 0.497 e. The van der Waals surface area contributed by atoms with E-state index in [2.05, 4.69) is 19.2 Å². The Balaban J connectivity index is 0.00000162. The molecule has 0 radical (unpaired) electrons. The molecule has 0 aromatic heterocycles. The average molecular weight is 272 g/mol. The van der Waals surface area contributed by atoms with Crippen molar-refractivity contribution in [1.82, 2.24) is 5.32 Å². The van der Waals surface area contributed by atoms with Crippen molar-refractivity contribution in [2.24, 2.45) is 5.41 Å². The van der Waals surface area contributed by atoms with Gasteiger partial charge in [-0.1, -0.05) is 26.0 Å². The molecule has 0 aliphatic carbocycles. The molecule has 1 aliphatic rings. The van der Waals surface area contributed by atoms with Crippen molar-refractivity contribution in [3.63, 3.8) is 0 Å². The Kier molecular flexibility index (Phi) is 4.46. The highest BCUT2D eigenvalue weighted by Crippen LogP contribution is 2.36. The number of carbonyl (C=O) groups is 1. The highest BCUT2D eigenvalue weighted by molar-refractivity contribution is 5.85. The summed E-state index contributed by atoms with van der Waals surface area (Å²) in [6.45, 7) is 4.57. The summed E-state index contributed by atoms with van der Waals surface area (Å²) in [6.07, 6.45) is -0.356. The number of halogens is 1. The van der Waals surface area contributed by atoms with Gasteiger partial charge in [0.05, 0.1) is 13.2 Å². The van der Waals surface area contributed by atoms with E-state index in [1.165, 1.54) is 0 Å². The van der Waals surface area contributed by atoms with E-state index in [4.69, 9.17) is 9.47 Å². The van der Waals surface area contributed by atoms with Gasteiger partial charge in [0.25, 0.3) is 0 Å². The van der Waals surface area contributed by atoms with E-state index in [0.29, 0.717) is 6.61 Å². The van der Waals surface area contributed by atoms with Crippen molar-refractivity contribution < 1.29 is 14.3 Å². The first-order chi connectivity index (χ1) is 8.03. The third kappa shape index (κ3) is 2.88. The van der Waals surface area contributed by atoms with Gasteiger partial charge in [-0.3, -0.25) is 0 Å². The van der Waals surface area contributed by atoms with Gasteiger partial charge in [0.1, 0.15) is 12.4 Å². The van der Waals surface area contributed by atoms with Gasteiger partial charge >= 0.3 is 6.09 Å². The molecule has 5 heteroatoms. The minimum atomic E-state index is -0.356. The number of ether oxygens (including phenoxy) is 2. The molecule has 1 aliphatic heterocycles. The molecule has 2 rings (SSSR count). The number of hydrogen-bond donors (Lipinski definition) is 1.